The highest BCUT2D eigenvalue weighted by atomic mass is 16.5. The normalized spacial score (nSPS) is 21.2. The highest BCUT2D eigenvalue weighted by Gasteiger charge is 2.36. The Morgan fingerprint density at radius 3 is 2.54 bits per heavy atom. The molecule has 3 heterocycles. The second kappa shape index (κ2) is 12.8. The van der Waals surface area contributed by atoms with Crippen LogP contribution in [0.25, 0.3) is 0 Å². The molecule has 0 unspecified atom stereocenters. The number of fused-ring (bicyclic) bond motifs is 3. The minimum Gasteiger partial charge on any atom is -0.491 e. The number of hydrogen-bond acceptors (Lipinski definition) is 5. The van der Waals surface area contributed by atoms with Crippen molar-refractivity contribution in [1.29, 1.82) is 0 Å². The summed E-state index contributed by atoms with van der Waals surface area (Å²) in [5.41, 5.74) is 4.10. The fourth-order valence-corrected chi connectivity index (χ4v) is 6.60. The quantitative estimate of drug-likeness (QED) is 0.438. The molecule has 214 valence electrons. The summed E-state index contributed by atoms with van der Waals surface area (Å²) >= 11 is 0. The molecular formula is C34H40N4O3. The van der Waals surface area contributed by atoms with E-state index in [0.717, 1.165) is 56.6 Å². The molecule has 0 spiro atoms. The molecule has 3 aromatic rings. The number of likely N-dealkylation sites (tertiary alicyclic amines) is 1. The van der Waals surface area contributed by atoms with Crippen LogP contribution in [0.4, 0.5) is 5.69 Å². The summed E-state index contributed by atoms with van der Waals surface area (Å²) in [6.07, 6.45) is 4.80. The smallest absolute Gasteiger partial charge is 0.257 e. The maximum absolute atomic E-state index is 14.3. The molecule has 2 bridgehead atoms. The summed E-state index contributed by atoms with van der Waals surface area (Å²) in [7, 11) is 0. The topological polar surface area (TPSA) is 65.1 Å². The monoisotopic (exact) mass is 552 g/mol. The zero-order valence-corrected chi connectivity index (χ0v) is 23.7. The molecule has 7 nitrogen and oxygen atoms in total. The number of carbonyl (C=O) groups is 2. The van der Waals surface area contributed by atoms with Crippen molar-refractivity contribution in [3.63, 3.8) is 0 Å². The van der Waals surface area contributed by atoms with Gasteiger partial charge in [0.15, 0.2) is 0 Å². The summed E-state index contributed by atoms with van der Waals surface area (Å²) in [6, 6.07) is 27.3. The summed E-state index contributed by atoms with van der Waals surface area (Å²) in [6.45, 7) is 4.68. The van der Waals surface area contributed by atoms with Gasteiger partial charge in [-0.2, -0.15) is 0 Å². The van der Waals surface area contributed by atoms with E-state index in [2.05, 4.69) is 58.7 Å². The lowest BCUT2D eigenvalue weighted by Crippen LogP contribution is -2.45. The van der Waals surface area contributed by atoms with Crippen molar-refractivity contribution >= 4 is 17.5 Å². The molecular weight excluding hydrogens is 512 g/mol. The third kappa shape index (κ3) is 6.41. The number of carbonyl (C=O) groups excluding carboxylic acids is 2. The summed E-state index contributed by atoms with van der Waals surface area (Å²) in [5.74, 6) is 0.744. The van der Waals surface area contributed by atoms with Gasteiger partial charge >= 0.3 is 0 Å². The van der Waals surface area contributed by atoms with Gasteiger partial charge in [0.2, 0.25) is 5.91 Å². The zero-order valence-electron chi connectivity index (χ0n) is 23.7. The van der Waals surface area contributed by atoms with Crippen molar-refractivity contribution in [2.24, 2.45) is 0 Å². The fraction of sp³-hybridized carbons (Fsp3) is 0.412. The molecule has 2 fully saturated rings. The van der Waals surface area contributed by atoms with Gasteiger partial charge in [-0.1, -0.05) is 60.7 Å². The van der Waals surface area contributed by atoms with E-state index in [1.807, 2.05) is 40.1 Å². The first kappa shape index (κ1) is 27.3. The van der Waals surface area contributed by atoms with Crippen molar-refractivity contribution in [3.8, 4) is 5.75 Å². The van der Waals surface area contributed by atoms with Gasteiger partial charge in [0.05, 0.1) is 12.1 Å². The molecule has 1 N–H and O–H groups in total. The van der Waals surface area contributed by atoms with E-state index < -0.39 is 0 Å². The van der Waals surface area contributed by atoms with Crippen LogP contribution >= 0.6 is 0 Å². The van der Waals surface area contributed by atoms with E-state index in [0.29, 0.717) is 50.0 Å². The Morgan fingerprint density at radius 1 is 0.902 bits per heavy atom. The second-order valence-corrected chi connectivity index (χ2v) is 11.4. The predicted octanol–water partition coefficient (Wildman–Crippen LogP) is 5.18. The minimum absolute atomic E-state index is 0.0185. The third-order valence-electron chi connectivity index (χ3n) is 8.78. The maximum Gasteiger partial charge on any atom is 0.257 e. The van der Waals surface area contributed by atoms with E-state index in [4.69, 9.17) is 4.74 Å². The Kier molecular flexibility index (Phi) is 8.52. The average molecular weight is 553 g/mol. The van der Waals surface area contributed by atoms with Gasteiger partial charge in [-0.3, -0.25) is 14.5 Å². The number of amides is 2. The van der Waals surface area contributed by atoms with Gasteiger partial charge in [0.1, 0.15) is 12.4 Å². The van der Waals surface area contributed by atoms with Crippen LogP contribution in [0.5, 0.6) is 5.75 Å². The van der Waals surface area contributed by atoms with Crippen LogP contribution in [-0.2, 0) is 17.9 Å². The first-order chi connectivity index (χ1) is 20.2. The van der Waals surface area contributed by atoms with Crippen molar-refractivity contribution < 1.29 is 14.3 Å². The highest BCUT2D eigenvalue weighted by Crippen LogP contribution is 2.32. The average Bonchev–Trinajstić information content (AvgIpc) is 3.57. The predicted molar refractivity (Wildman–Crippen MR) is 161 cm³/mol. The van der Waals surface area contributed by atoms with Crippen LogP contribution in [0.2, 0.25) is 0 Å². The lowest BCUT2D eigenvalue weighted by Gasteiger charge is -2.34. The SMILES string of the molecule is O=C1CCCN1CCOc1ccccc1C(=O)N1Cc2ccccc2NCC[C@@H]2CC[C@H](C1)N2Cc1ccccc1. The fourth-order valence-electron chi connectivity index (χ4n) is 6.60. The third-order valence-corrected chi connectivity index (χ3v) is 8.78. The Hall–Kier alpha value is -3.84. The van der Waals surface area contributed by atoms with Gasteiger partial charge in [-0.15, -0.1) is 0 Å². The number of ether oxygens (including phenoxy) is 1. The molecule has 3 aliphatic heterocycles. The molecule has 0 radical (unpaired) electrons. The summed E-state index contributed by atoms with van der Waals surface area (Å²) < 4.78 is 6.15. The van der Waals surface area contributed by atoms with Crippen LogP contribution in [0, 0.1) is 0 Å². The van der Waals surface area contributed by atoms with Gasteiger partial charge in [-0.05, 0) is 55.0 Å². The Labute approximate surface area is 243 Å². The molecule has 0 saturated carbocycles. The molecule has 6 rings (SSSR count). The first-order valence-electron chi connectivity index (χ1n) is 15.1. The van der Waals surface area contributed by atoms with Crippen LogP contribution in [0.3, 0.4) is 0 Å². The molecule has 3 aliphatic rings. The van der Waals surface area contributed by atoms with Gasteiger partial charge in [-0.25, -0.2) is 0 Å². The van der Waals surface area contributed by atoms with Crippen molar-refractivity contribution in [2.45, 2.75) is 57.3 Å². The standard InChI is InChI=1S/C34H40N4O3/c39-33-15-8-20-36(33)21-22-41-32-14-7-5-12-30(32)34(40)37-24-27-11-4-6-13-31(27)35-19-18-28-16-17-29(25-37)38(28)23-26-9-2-1-3-10-26/h1-7,9-14,28-29,35H,8,15-25H2/t28-,29+/m0/s1. The van der Waals surface area contributed by atoms with Crippen LogP contribution in [0.15, 0.2) is 78.9 Å². The Balaban J connectivity index is 1.26. The lowest BCUT2D eigenvalue weighted by atomic mass is 10.1. The van der Waals surface area contributed by atoms with Crippen LogP contribution in [-0.4, -0.2) is 71.4 Å². The molecule has 2 amide bonds. The zero-order chi connectivity index (χ0) is 28.0. The lowest BCUT2D eigenvalue weighted by molar-refractivity contribution is -0.128. The van der Waals surface area contributed by atoms with E-state index in [-0.39, 0.29) is 17.9 Å². The largest absolute Gasteiger partial charge is 0.491 e. The number of nitrogens with one attached hydrogen (secondary N) is 1. The number of rotatable bonds is 7. The number of nitrogens with zero attached hydrogens (tertiary/aromatic N) is 3. The maximum atomic E-state index is 14.3. The molecule has 41 heavy (non-hydrogen) atoms. The molecule has 2 saturated heterocycles. The van der Waals surface area contributed by atoms with Gasteiger partial charge < -0.3 is 19.9 Å². The summed E-state index contributed by atoms with van der Waals surface area (Å²) in [5, 5.41) is 3.68. The number of hydrogen-bond donors (Lipinski definition) is 1. The van der Waals surface area contributed by atoms with Gasteiger partial charge in [0, 0.05) is 56.9 Å². The molecule has 2 atom stereocenters. The van der Waals surface area contributed by atoms with E-state index in [1.54, 1.807) is 0 Å². The van der Waals surface area contributed by atoms with Crippen LogP contribution < -0.4 is 10.1 Å². The van der Waals surface area contributed by atoms with Crippen molar-refractivity contribution in [2.75, 3.05) is 38.1 Å². The van der Waals surface area contributed by atoms with Gasteiger partial charge in [0.25, 0.3) is 5.91 Å². The first-order valence-corrected chi connectivity index (χ1v) is 15.1. The second-order valence-electron chi connectivity index (χ2n) is 11.4. The van der Waals surface area contributed by atoms with Crippen molar-refractivity contribution in [1.82, 2.24) is 14.7 Å². The molecule has 0 aromatic heterocycles. The molecule has 3 aromatic carbocycles. The Bertz CT molecular complexity index is 1350. The molecule has 7 heteroatoms. The van der Waals surface area contributed by atoms with Crippen molar-refractivity contribution in [3.05, 3.63) is 95.6 Å². The summed E-state index contributed by atoms with van der Waals surface area (Å²) in [4.78, 5) is 32.9. The van der Waals surface area contributed by atoms with Crippen LogP contribution in [0.1, 0.15) is 53.6 Å². The minimum atomic E-state index is -0.0185. The number of benzene rings is 3. The Morgan fingerprint density at radius 2 is 1.68 bits per heavy atom. The van der Waals surface area contributed by atoms with E-state index in [1.165, 1.54) is 5.56 Å². The number of para-hydroxylation sites is 2. The number of anilines is 1. The van der Waals surface area contributed by atoms with E-state index >= 15 is 0 Å². The highest BCUT2D eigenvalue weighted by molar-refractivity contribution is 5.97. The molecule has 0 aliphatic carbocycles. The van der Waals surface area contributed by atoms with E-state index in [9.17, 15) is 9.59 Å².